The number of nitrogens with one attached hydrogen (secondary N) is 1. The number of carbonyl (C=O) groups is 3. The highest BCUT2D eigenvalue weighted by atomic mass is 16.5. The fourth-order valence-electron chi connectivity index (χ4n) is 2.30. The molecule has 0 radical (unpaired) electrons. The van der Waals surface area contributed by atoms with E-state index in [9.17, 15) is 14.4 Å². The topological polar surface area (TPSA) is 95.9 Å². The van der Waals surface area contributed by atoms with Gasteiger partial charge in [-0.05, 0) is 18.8 Å². The fourth-order valence-corrected chi connectivity index (χ4v) is 2.30. The first-order chi connectivity index (χ1) is 9.38. The Kier molecular flexibility index (Phi) is 5.79. The first-order valence-electron chi connectivity index (χ1n) is 6.73. The van der Waals surface area contributed by atoms with Crippen LogP contribution in [-0.2, 0) is 14.3 Å². The molecule has 1 heterocycles. The molecular formula is C13H22N2O5. The van der Waals surface area contributed by atoms with Crippen molar-refractivity contribution in [3.8, 4) is 0 Å². The molecule has 7 nitrogen and oxygen atoms in total. The van der Waals surface area contributed by atoms with Gasteiger partial charge in [0.1, 0.15) is 6.04 Å². The number of ether oxygens (including phenoxy) is 1. The van der Waals surface area contributed by atoms with Crippen molar-refractivity contribution in [2.45, 2.75) is 32.7 Å². The van der Waals surface area contributed by atoms with Gasteiger partial charge in [0.25, 0.3) is 0 Å². The van der Waals surface area contributed by atoms with Gasteiger partial charge in [0.2, 0.25) is 0 Å². The van der Waals surface area contributed by atoms with Crippen molar-refractivity contribution < 1.29 is 24.2 Å². The summed E-state index contributed by atoms with van der Waals surface area (Å²) in [6.07, 6.45) is 1.31. The van der Waals surface area contributed by atoms with E-state index in [2.05, 4.69) is 10.1 Å². The number of carboxylic acids is 1. The van der Waals surface area contributed by atoms with Crippen LogP contribution < -0.4 is 5.32 Å². The number of methoxy groups -OCH3 is 1. The standard InChI is InChI=1S/C13H22N2O5/c1-8(2)9(11(16)17)7-14-13(19)15-6-4-5-10(15)12(18)20-3/h8-10H,4-7H2,1-3H3,(H,14,19)(H,16,17). The smallest absolute Gasteiger partial charge is 0.328 e. The quantitative estimate of drug-likeness (QED) is 0.725. The number of urea groups is 1. The highest BCUT2D eigenvalue weighted by Gasteiger charge is 2.35. The van der Waals surface area contributed by atoms with Gasteiger partial charge in [-0.1, -0.05) is 13.8 Å². The summed E-state index contributed by atoms with van der Waals surface area (Å²) in [4.78, 5) is 36.0. The third-order valence-corrected chi connectivity index (χ3v) is 3.58. The zero-order chi connectivity index (χ0) is 15.3. The molecule has 1 rings (SSSR count). The second kappa shape index (κ2) is 7.12. The van der Waals surface area contributed by atoms with Crippen LogP contribution in [0.1, 0.15) is 26.7 Å². The molecule has 2 amide bonds. The fraction of sp³-hybridized carbons (Fsp3) is 0.769. The Morgan fingerprint density at radius 2 is 2.05 bits per heavy atom. The van der Waals surface area contributed by atoms with Crippen LogP contribution in [0, 0.1) is 11.8 Å². The molecule has 0 aromatic heterocycles. The van der Waals surface area contributed by atoms with Crippen molar-refractivity contribution in [2.75, 3.05) is 20.2 Å². The van der Waals surface area contributed by atoms with Crippen molar-refractivity contribution >= 4 is 18.0 Å². The number of hydrogen-bond donors (Lipinski definition) is 2. The minimum atomic E-state index is -0.939. The number of esters is 1. The van der Waals surface area contributed by atoms with Crippen LogP contribution in [0.3, 0.4) is 0 Å². The Bertz CT molecular complexity index is 383. The number of likely N-dealkylation sites (tertiary alicyclic amines) is 1. The number of aliphatic carboxylic acids is 1. The van der Waals surface area contributed by atoms with Gasteiger partial charge >= 0.3 is 18.0 Å². The van der Waals surface area contributed by atoms with E-state index in [1.165, 1.54) is 12.0 Å². The molecule has 0 spiro atoms. The van der Waals surface area contributed by atoms with Gasteiger partial charge in [0, 0.05) is 13.1 Å². The number of rotatable bonds is 5. The van der Waals surface area contributed by atoms with Crippen molar-refractivity contribution in [1.29, 1.82) is 0 Å². The highest BCUT2D eigenvalue weighted by molar-refractivity contribution is 5.84. The van der Waals surface area contributed by atoms with Crippen molar-refractivity contribution in [2.24, 2.45) is 11.8 Å². The number of carbonyl (C=O) groups excluding carboxylic acids is 2. The monoisotopic (exact) mass is 286 g/mol. The lowest BCUT2D eigenvalue weighted by Crippen LogP contribution is -2.48. The largest absolute Gasteiger partial charge is 0.481 e. The summed E-state index contributed by atoms with van der Waals surface area (Å²) in [5.41, 5.74) is 0. The molecule has 0 bridgehead atoms. The Labute approximate surface area is 118 Å². The van der Waals surface area contributed by atoms with Gasteiger partial charge < -0.3 is 20.1 Å². The third-order valence-electron chi connectivity index (χ3n) is 3.58. The van der Waals surface area contributed by atoms with E-state index in [-0.39, 0.29) is 12.5 Å². The lowest BCUT2D eigenvalue weighted by molar-refractivity contribution is -0.145. The van der Waals surface area contributed by atoms with Crippen LogP contribution >= 0.6 is 0 Å². The Morgan fingerprint density at radius 3 is 2.55 bits per heavy atom. The van der Waals surface area contributed by atoms with Crippen LogP contribution in [0.25, 0.3) is 0 Å². The highest BCUT2D eigenvalue weighted by Crippen LogP contribution is 2.18. The van der Waals surface area contributed by atoms with Gasteiger partial charge in [-0.15, -0.1) is 0 Å². The molecule has 0 aromatic rings. The molecular weight excluding hydrogens is 264 g/mol. The van der Waals surface area contributed by atoms with Crippen LogP contribution in [0.4, 0.5) is 4.79 Å². The first-order valence-corrected chi connectivity index (χ1v) is 6.73. The molecule has 7 heteroatoms. The molecule has 0 aromatic carbocycles. The number of carboxylic acid groups (broad SMARTS) is 1. The summed E-state index contributed by atoms with van der Waals surface area (Å²) in [5, 5.41) is 11.7. The Morgan fingerprint density at radius 1 is 1.40 bits per heavy atom. The van der Waals surface area contributed by atoms with E-state index in [1.54, 1.807) is 13.8 Å². The molecule has 1 aliphatic heterocycles. The van der Waals surface area contributed by atoms with Crippen LogP contribution in [0.5, 0.6) is 0 Å². The lowest BCUT2D eigenvalue weighted by atomic mass is 9.96. The molecule has 0 saturated carbocycles. The second-order valence-electron chi connectivity index (χ2n) is 5.25. The van der Waals surface area contributed by atoms with Crippen molar-refractivity contribution in [3.63, 3.8) is 0 Å². The summed E-state index contributed by atoms with van der Waals surface area (Å²) in [5.74, 6) is -2.09. The number of nitrogens with zero attached hydrogens (tertiary/aromatic N) is 1. The third kappa shape index (κ3) is 3.85. The van der Waals surface area contributed by atoms with E-state index >= 15 is 0 Å². The maximum atomic E-state index is 12.0. The van der Waals surface area contributed by atoms with E-state index in [0.29, 0.717) is 13.0 Å². The van der Waals surface area contributed by atoms with E-state index < -0.39 is 29.9 Å². The number of hydrogen-bond acceptors (Lipinski definition) is 4. The molecule has 1 saturated heterocycles. The van der Waals surface area contributed by atoms with Crippen LogP contribution in [-0.4, -0.2) is 54.2 Å². The zero-order valence-corrected chi connectivity index (χ0v) is 12.1. The summed E-state index contributed by atoms with van der Waals surface area (Å²) in [6, 6.07) is -0.980. The van der Waals surface area contributed by atoms with E-state index in [1.807, 2.05) is 0 Å². The summed E-state index contributed by atoms with van der Waals surface area (Å²) in [7, 11) is 1.29. The molecule has 2 atom stereocenters. The van der Waals surface area contributed by atoms with E-state index in [0.717, 1.165) is 6.42 Å². The molecule has 2 N–H and O–H groups in total. The van der Waals surface area contributed by atoms with Gasteiger partial charge in [-0.2, -0.15) is 0 Å². The minimum absolute atomic E-state index is 0.0518. The Balaban J connectivity index is 2.57. The summed E-state index contributed by atoms with van der Waals surface area (Å²) in [6.45, 7) is 4.11. The SMILES string of the molecule is COC(=O)C1CCCN1C(=O)NCC(C(=O)O)C(C)C. The average Bonchev–Trinajstić information content (AvgIpc) is 2.86. The molecule has 1 aliphatic rings. The van der Waals surface area contributed by atoms with Crippen molar-refractivity contribution in [1.82, 2.24) is 10.2 Å². The predicted molar refractivity (Wildman–Crippen MR) is 71.1 cm³/mol. The van der Waals surface area contributed by atoms with Crippen LogP contribution in [0.2, 0.25) is 0 Å². The maximum Gasteiger partial charge on any atom is 0.328 e. The maximum absolute atomic E-state index is 12.0. The zero-order valence-electron chi connectivity index (χ0n) is 12.1. The molecule has 1 fully saturated rings. The summed E-state index contributed by atoms with van der Waals surface area (Å²) < 4.78 is 4.66. The molecule has 0 aliphatic carbocycles. The number of amides is 2. The normalized spacial score (nSPS) is 19.8. The Hall–Kier alpha value is -1.79. The van der Waals surface area contributed by atoms with E-state index in [4.69, 9.17) is 5.11 Å². The first kappa shape index (κ1) is 16.3. The molecule has 114 valence electrons. The minimum Gasteiger partial charge on any atom is -0.481 e. The average molecular weight is 286 g/mol. The van der Waals surface area contributed by atoms with Crippen molar-refractivity contribution in [3.05, 3.63) is 0 Å². The predicted octanol–water partition coefficient (Wildman–Crippen LogP) is 0.690. The van der Waals surface area contributed by atoms with Gasteiger partial charge in [-0.3, -0.25) is 4.79 Å². The second-order valence-corrected chi connectivity index (χ2v) is 5.25. The van der Waals surface area contributed by atoms with Crippen LogP contribution in [0.15, 0.2) is 0 Å². The molecule has 20 heavy (non-hydrogen) atoms. The lowest BCUT2D eigenvalue weighted by Gasteiger charge is -2.24. The molecule has 2 unspecified atom stereocenters. The van der Waals surface area contributed by atoms with Gasteiger partial charge in [0.15, 0.2) is 0 Å². The van der Waals surface area contributed by atoms with Gasteiger partial charge in [0.05, 0.1) is 13.0 Å². The summed E-state index contributed by atoms with van der Waals surface area (Å²) >= 11 is 0. The van der Waals surface area contributed by atoms with Gasteiger partial charge in [-0.25, -0.2) is 9.59 Å².